The molecule has 5 nitrogen and oxygen atoms in total. The second-order valence-electron chi connectivity index (χ2n) is 6.15. The van der Waals surface area contributed by atoms with Gasteiger partial charge in [0.2, 0.25) is 0 Å². The Kier molecular flexibility index (Phi) is 4.36. The number of hydrogen-bond donors (Lipinski definition) is 1. The Morgan fingerprint density at radius 2 is 1.84 bits per heavy atom. The Morgan fingerprint density at radius 1 is 1.12 bits per heavy atom. The largest absolute Gasteiger partial charge is 0.508 e. The number of methoxy groups -OCH3 is 1. The lowest BCUT2D eigenvalue weighted by molar-refractivity contribution is 0.171. The number of nitrogens with zero attached hydrogens (tertiary/aromatic N) is 2. The SMILES string of the molecule is COc1ccc(OC2CCN(c3cc(O)cc4ncsc34)CC2)cc1. The topological polar surface area (TPSA) is 54.8 Å². The van der Waals surface area contributed by atoms with Gasteiger partial charge >= 0.3 is 0 Å². The second kappa shape index (κ2) is 6.80. The molecule has 6 heteroatoms. The zero-order valence-corrected chi connectivity index (χ0v) is 14.8. The van der Waals surface area contributed by atoms with Gasteiger partial charge in [0.1, 0.15) is 23.4 Å². The molecule has 0 amide bonds. The van der Waals surface area contributed by atoms with Gasteiger partial charge in [-0.25, -0.2) is 4.98 Å². The van der Waals surface area contributed by atoms with Crippen molar-refractivity contribution in [3.63, 3.8) is 0 Å². The molecule has 25 heavy (non-hydrogen) atoms. The van der Waals surface area contributed by atoms with Crippen LogP contribution in [-0.4, -0.2) is 36.4 Å². The molecule has 4 rings (SSSR count). The van der Waals surface area contributed by atoms with Crippen LogP contribution in [0.25, 0.3) is 10.2 Å². The van der Waals surface area contributed by atoms with E-state index in [4.69, 9.17) is 9.47 Å². The smallest absolute Gasteiger partial charge is 0.119 e. The minimum Gasteiger partial charge on any atom is -0.508 e. The normalized spacial score (nSPS) is 15.5. The van der Waals surface area contributed by atoms with Crippen LogP contribution >= 0.6 is 11.3 Å². The van der Waals surface area contributed by atoms with Crippen molar-refractivity contribution in [2.75, 3.05) is 25.1 Å². The van der Waals surface area contributed by atoms with E-state index in [9.17, 15) is 5.11 Å². The van der Waals surface area contributed by atoms with Crippen LogP contribution in [0.2, 0.25) is 0 Å². The van der Waals surface area contributed by atoms with Crippen LogP contribution in [0, 0.1) is 0 Å². The fraction of sp³-hybridized carbons (Fsp3) is 0.316. The van der Waals surface area contributed by atoms with Gasteiger partial charge in [0, 0.05) is 38.1 Å². The number of aromatic nitrogens is 1. The van der Waals surface area contributed by atoms with Crippen molar-refractivity contribution in [2.24, 2.45) is 0 Å². The third-order valence-corrected chi connectivity index (χ3v) is 5.41. The number of thiazole rings is 1. The van der Waals surface area contributed by atoms with Gasteiger partial charge in [0.05, 0.1) is 28.5 Å². The van der Waals surface area contributed by atoms with Crippen molar-refractivity contribution in [1.82, 2.24) is 4.98 Å². The molecule has 2 heterocycles. The molecule has 1 fully saturated rings. The number of piperidine rings is 1. The van der Waals surface area contributed by atoms with Crippen molar-refractivity contribution in [2.45, 2.75) is 18.9 Å². The summed E-state index contributed by atoms with van der Waals surface area (Å²) in [5.41, 5.74) is 3.75. The van der Waals surface area contributed by atoms with Gasteiger partial charge in [-0.15, -0.1) is 11.3 Å². The molecule has 0 spiro atoms. The highest BCUT2D eigenvalue weighted by Gasteiger charge is 2.23. The fourth-order valence-corrected chi connectivity index (χ4v) is 4.05. The minimum absolute atomic E-state index is 0.207. The Bertz CT molecular complexity index is 855. The molecule has 2 aromatic carbocycles. The minimum atomic E-state index is 0.207. The summed E-state index contributed by atoms with van der Waals surface area (Å²) < 4.78 is 12.4. The summed E-state index contributed by atoms with van der Waals surface area (Å²) in [7, 11) is 1.66. The molecule has 0 saturated carbocycles. The molecule has 1 saturated heterocycles. The molecule has 1 aliphatic heterocycles. The summed E-state index contributed by atoms with van der Waals surface area (Å²) in [6.07, 6.45) is 2.10. The average molecular weight is 356 g/mol. The number of aromatic hydroxyl groups is 1. The maximum atomic E-state index is 9.95. The van der Waals surface area contributed by atoms with Gasteiger partial charge < -0.3 is 19.5 Å². The molecule has 0 bridgehead atoms. The molecule has 1 aliphatic rings. The zero-order valence-electron chi connectivity index (χ0n) is 14.0. The average Bonchev–Trinajstić information content (AvgIpc) is 3.11. The van der Waals surface area contributed by atoms with Crippen LogP contribution in [0.4, 0.5) is 5.69 Å². The highest BCUT2D eigenvalue weighted by atomic mass is 32.1. The van der Waals surface area contributed by atoms with Gasteiger partial charge in [0.15, 0.2) is 0 Å². The first kappa shape index (κ1) is 16.0. The van der Waals surface area contributed by atoms with Gasteiger partial charge in [-0.2, -0.15) is 0 Å². The maximum Gasteiger partial charge on any atom is 0.119 e. The second-order valence-corrected chi connectivity index (χ2v) is 7.00. The lowest BCUT2D eigenvalue weighted by atomic mass is 10.1. The molecule has 0 unspecified atom stereocenters. The van der Waals surface area contributed by atoms with Crippen LogP contribution in [0.15, 0.2) is 41.9 Å². The summed E-state index contributed by atoms with van der Waals surface area (Å²) in [4.78, 5) is 6.63. The van der Waals surface area contributed by atoms with E-state index in [-0.39, 0.29) is 11.9 Å². The number of anilines is 1. The van der Waals surface area contributed by atoms with Crippen LogP contribution in [-0.2, 0) is 0 Å². The maximum absolute atomic E-state index is 9.95. The Morgan fingerprint density at radius 3 is 2.56 bits per heavy atom. The lowest BCUT2D eigenvalue weighted by Gasteiger charge is -2.34. The Labute approximate surface area is 150 Å². The lowest BCUT2D eigenvalue weighted by Crippen LogP contribution is -2.38. The first-order valence-electron chi connectivity index (χ1n) is 8.35. The number of benzene rings is 2. The third kappa shape index (κ3) is 3.35. The first-order valence-corrected chi connectivity index (χ1v) is 9.23. The number of fused-ring (bicyclic) bond motifs is 1. The predicted octanol–water partition coefficient (Wildman–Crippen LogP) is 4.06. The van der Waals surface area contributed by atoms with E-state index in [1.807, 2.05) is 35.8 Å². The summed E-state index contributed by atoms with van der Waals surface area (Å²) in [6, 6.07) is 11.3. The van der Waals surface area contributed by atoms with Gasteiger partial charge in [-0.05, 0) is 24.3 Å². The predicted molar refractivity (Wildman–Crippen MR) is 100 cm³/mol. The molecular weight excluding hydrogens is 336 g/mol. The molecule has 3 aromatic rings. The van der Waals surface area contributed by atoms with Gasteiger partial charge in [-0.1, -0.05) is 0 Å². The van der Waals surface area contributed by atoms with Crippen molar-refractivity contribution in [3.8, 4) is 17.2 Å². The number of rotatable bonds is 4. The fourth-order valence-electron chi connectivity index (χ4n) is 3.23. The number of phenols is 1. The summed E-state index contributed by atoms with van der Waals surface area (Å²) in [6.45, 7) is 1.80. The molecule has 0 radical (unpaired) electrons. The molecule has 1 N–H and O–H groups in total. The van der Waals surface area contributed by atoms with Crippen molar-refractivity contribution in [3.05, 3.63) is 41.9 Å². The van der Waals surface area contributed by atoms with Crippen LogP contribution < -0.4 is 14.4 Å². The summed E-state index contributed by atoms with van der Waals surface area (Å²) in [5, 5.41) is 9.95. The highest BCUT2D eigenvalue weighted by Crippen LogP contribution is 2.35. The first-order chi connectivity index (χ1) is 12.2. The number of hydrogen-bond acceptors (Lipinski definition) is 6. The van der Waals surface area contributed by atoms with Gasteiger partial charge in [-0.3, -0.25) is 0 Å². The molecular formula is C19H20N2O3S. The van der Waals surface area contributed by atoms with Crippen molar-refractivity contribution in [1.29, 1.82) is 0 Å². The third-order valence-electron chi connectivity index (χ3n) is 4.54. The monoisotopic (exact) mass is 356 g/mol. The van der Waals surface area contributed by atoms with E-state index < -0.39 is 0 Å². The Balaban J connectivity index is 1.43. The van der Waals surface area contributed by atoms with E-state index in [2.05, 4.69) is 9.88 Å². The number of phenolic OH excluding ortho intramolecular Hbond substituents is 1. The van der Waals surface area contributed by atoms with Crippen LogP contribution in [0.1, 0.15) is 12.8 Å². The number of ether oxygens (including phenoxy) is 2. The van der Waals surface area contributed by atoms with E-state index in [0.717, 1.165) is 53.3 Å². The van der Waals surface area contributed by atoms with E-state index >= 15 is 0 Å². The van der Waals surface area contributed by atoms with Crippen molar-refractivity contribution >= 4 is 27.2 Å². The summed E-state index contributed by atoms with van der Waals surface area (Å²) >= 11 is 1.62. The van der Waals surface area contributed by atoms with Crippen LogP contribution in [0.5, 0.6) is 17.2 Å². The van der Waals surface area contributed by atoms with Crippen molar-refractivity contribution < 1.29 is 14.6 Å². The molecule has 0 aliphatic carbocycles. The van der Waals surface area contributed by atoms with E-state index in [1.165, 1.54) is 0 Å². The molecule has 0 atom stereocenters. The van der Waals surface area contributed by atoms with Crippen LogP contribution in [0.3, 0.4) is 0 Å². The quantitative estimate of drug-likeness (QED) is 0.764. The Hall–Kier alpha value is -2.47. The van der Waals surface area contributed by atoms with Gasteiger partial charge in [0.25, 0.3) is 0 Å². The highest BCUT2D eigenvalue weighted by molar-refractivity contribution is 7.17. The van der Waals surface area contributed by atoms with E-state index in [0.29, 0.717) is 0 Å². The zero-order chi connectivity index (χ0) is 17.2. The molecule has 130 valence electrons. The van der Waals surface area contributed by atoms with E-state index in [1.54, 1.807) is 24.5 Å². The summed E-state index contributed by atoms with van der Waals surface area (Å²) in [5.74, 6) is 1.98. The molecule has 1 aromatic heterocycles. The standard InChI is InChI=1S/C19H20N2O3S/c1-23-14-2-4-15(5-3-14)24-16-6-8-21(9-7-16)18-11-13(22)10-17-19(18)25-12-20-17/h2-5,10-12,16,22H,6-9H2,1H3.